The molecular formula is C22H24ClN3O. The van der Waals surface area contributed by atoms with Crippen LogP contribution in [0.3, 0.4) is 0 Å². The molecule has 0 aliphatic carbocycles. The normalized spacial score (nSPS) is 15.7. The lowest BCUT2D eigenvalue weighted by Crippen LogP contribution is -2.43. The Kier molecular flexibility index (Phi) is 6.80. The fourth-order valence-electron chi connectivity index (χ4n) is 3.12. The van der Waals surface area contributed by atoms with Gasteiger partial charge in [0.25, 0.3) is 0 Å². The highest BCUT2D eigenvalue weighted by atomic mass is 35.5. The number of Topliss-reactive ketones (excluding diaryl/α,β-unsaturated/α-hetero) is 1. The molecule has 1 saturated heterocycles. The summed E-state index contributed by atoms with van der Waals surface area (Å²) in [6, 6.07) is 15.6. The minimum Gasteiger partial charge on any atom is -0.295 e. The Morgan fingerprint density at radius 3 is 2.52 bits per heavy atom. The number of rotatable bonds is 6. The van der Waals surface area contributed by atoms with Gasteiger partial charge in [0, 0.05) is 49.5 Å². The molecule has 1 aliphatic heterocycles. The number of hydrogen-bond donors (Lipinski definition) is 0. The van der Waals surface area contributed by atoms with Gasteiger partial charge in [0.1, 0.15) is 0 Å². The Labute approximate surface area is 165 Å². The molecule has 0 unspecified atom stereocenters. The molecule has 0 saturated carbocycles. The second kappa shape index (κ2) is 9.49. The second-order valence-corrected chi connectivity index (χ2v) is 7.00. The average molecular weight is 382 g/mol. The van der Waals surface area contributed by atoms with E-state index in [0.717, 1.165) is 48.9 Å². The standard InChI is InChI=1S/C22H24ClN3O/c1-18(27)21-10-4-2-7-19(21)9-6-12-24-26-15-13-25(14-16-26)17-20-8-3-5-11-22(20)23/h2-12H,13-17H2,1H3/b9-6+,24-12+. The molecule has 3 rings (SSSR count). The maximum atomic E-state index is 11.6. The van der Waals surface area contributed by atoms with Crippen LogP contribution in [0.5, 0.6) is 0 Å². The van der Waals surface area contributed by atoms with Gasteiger partial charge in [0.05, 0.1) is 0 Å². The second-order valence-electron chi connectivity index (χ2n) is 6.59. The molecule has 5 heteroatoms. The van der Waals surface area contributed by atoms with E-state index in [0.29, 0.717) is 0 Å². The Balaban J connectivity index is 1.49. The van der Waals surface area contributed by atoms with Crippen molar-refractivity contribution >= 4 is 29.7 Å². The third-order valence-corrected chi connectivity index (χ3v) is 5.00. The van der Waals surface area contributed by atoms with Crippen LogP contribution in [0.1, 0.15) is 28.4 Å². The third-order valence-electron chi connectivity index (χ3n) is 4.63. The molecule has 2 aromatic rings. The number of halogens is 1. The van der Waals surface area contributed by atoms with Gasteiger partial charge in [-0.25, -0.2) is 0 Å². The van der Waals surface area contributed by atoms with E-state index in [4.69, 9.17) is 11.6 Å². The Bertz CT molecular complexity index is 839. The molecule has 0 bridgehead atoms. The summed E-state index contributed by atoms with van der Waals surface area (Å²) in [7, 11) is 0. The van der Waals surface area contributed by atoms with Crippen molar-refractivity contribution in [2.75, 3.05) is 26.2 Å². The van der Waals surface area contributed by atoms with E-state index in [-0.39, 0.29) is 5.78 Å². The average Bonchev–Trinajstić information content (AvgIpc) is 2.68. The topological polar surface area (TPSA) is 35.9 Å². The molecule has 0 spiro atoms. The van der Waals surface area contributed by atoms with E-state index in [2.05, 4.69) is 21.1 Å². The van der Waals surface area contributed by atoms with Crippen LogP contribution < -0.4 is 0 Å². The molecular weight excluding hydrogens is 358 g/mol. The number of carbonyl (C=O) groups is 1. The summed E-state index contributed by atoms with van der Waals surface area (Å²) in [6.07, 6.45) is 5.60. The monoisotopic (exact) mass is 381 g/mol. The van der Waals surface area contributed by atoms with Gasteiger partial charge in [-0.2, -0.15) is 5.10 Å². The summed E-state index contributed by atoms with van der Waals surface area (Å²) in [6.45, 7) is 6.15. The Hall–Kier alpha value is -2.43. The fourth-order valence-corrected chi connectivity index (χ4v) is 3.32. The molecule has 27 heavy (non-hydrogen) atoms. The lowest BCUT2D eigenvalue weighted by Gasteiger charge is -2.33. The summed E-state index contributed by atoms with van der Waals surface area (Å²) < 4.78 is 0. The zero-order chi connectivity index (χ0) is 19.1. The summed E-state index contributed by atoms with van der Waals surface area (Å²) in [4.78, 5) is 14.0. The maximum Gasteiger partial charge on any atom is 0.160 e. The van der Waals surface area contributed by atoms with Crippen LogP contribution >= 0.6 is 11.6 Å². The maximum absolute atomic E-state index is 11.6. The van der Waals surface area contributed by atoms with Gasteiger partial charge in [-0.15, -0.1) is 0 Å². The predicted molar refractivity (Wildman–Crippen MR) is 112 cm³/mol. The summed E-state index contributed by atoms with van der Waals surface area (Å²) in [5, 5.41) is 7.42. The van der Waals surface area contributed by atoms with E-state index in [1.165, 1.54) is 5.56 Å². The van der Waals surface area contributed by atoms with E-state index in [1.807, 2.05) is 54.6 Å². The van der Waals surface area contributed by atoms with Crippen LogP contribution in [-0.4, -0.2) is 48.1 Å². The van der Waals surface area contributed by atoms with Crippen LogP contribution in [0.2, 0.25) is 5.02 Å². The third kappa shape index (κ3) is 5.52. The molecule has 1 heterocycles. The van der Waals surface area contributed by atoms with Crippen molar-refractivity contribution in [3.63, 3.8) is 0 Å². The number of hydrazone groups is 1. The first-order valence-corrected chi connectivity index (χ1v) is 9.52. The summed E-state index contributed by atoms with van der Waals surface area (Å²) >= 11 is 6.25. The molecule has 140 valence electrons. The lowest BCUT2D eigenvalue weighted by atomic mass is 10.0. The molecule has 0 radical (unpaired) electrons. The van der Waals surface area contributed by atoms with Gasteiger partial charge >= 0.3 is 0 Å². The SMILES string of the molecule is CC(=O)c1ccccc1/C=C/C=N/N1CCN(Cc2ccccc2Cl)CC1. The Morgan fingerprint density at radius 2 is 1.78 bits per heavy atom. The first-order chi connectivity index (χ1) is 13.1. The number of ketones is 1. The van der Waals surface area contributed by atoms with E-state index >= 15 is 0 Å². The van der Waals surface area contributed by atoms with Crippen LogP contribution in [-0.2, 0) is 6.54 Å². The van der Waals surface area contributed by atoms with Crippen molar-refractivity contribution in [2.45, 2.75) is 13.5 Å². The van der Waals surface area contributed by atoms with Gasteiger partial charge in [0.2, 0.25) is 0 Å². The summed E-state index contributed by atoms with van der Waals surface area (Å²) in [5.74, 6) is 0.0711. The highest BCUT2D eigenvalue weighted by Crippen LogP contribution is 2.18. The number of allylic oxidation sites excluding steroid dienone is 1. The zero-order valence-electron chi connectivity index (χ0n) is 15.5. The van der Waals surface area contributed by atoms with Crippen LogP contribution in [0.25, 0.3) is 6.08 Å². The van der Waals surface area contributed by atoms with E-state index in [1.54, 1.807) is 13.1 Å². The van der Waals surface area contributed by atoms with Gasteiger partial charge in [-0.3, -0.25) is 14.7 Å². The molecule has 0 atom stereocenters. The molecule has 0 N–H and O–H groups in total. The fraction of sp³-hybridized carbons (Fsp3) is 0.273. The van der Waals surface area contributed by atoms with Crippen molar-refractivity contribution in [3.05, 3.63) is 76.3 Å². The van der Waals surface area contributed by atoms with E-state index < -0.39 is 0 Å². The number of hydrogen-bond acceptors (Lipinski definition) is 4. The van der Waals surface area contributed by atoms with Crippen LogP contribution in [0, 0.1) is 0 Å². The minimum atomic E-state index is 0.0711. The van der Waals surface area contributed by atoms with Crippen molar-refractivity contribution in [2.24, 2.45) is 5.10 Å². The van der Waals surface area contributed by atoms with E-state index in [9.17, 15) is 4.79 Å². The lowest BCUT2D eigenvalue weighted by molar-refractivity contribution is 0.101. The van der Waals surface area contributed by atoms with Gasteiger partial charge in [-0.1, -0.05) is 60.1 Å². The first kappa shape index (κ1) is 19.3. The number of benzene rings is 2. The van der Waals surface area contributed by atoms with Crippen LogP contribution in [0.15, 0.2) is 59.7 Å². The predicted octanol–water partition coefficient (Wildman–Crippen LogP) is 4.36. The smallest absolute Gasteiger partial charge is 0.160 e. The van der Waals surface area contributed by atoms with Crippen molar-refractivity contribution < 1.29 is 4.79 Å². The highest BCUT2D eigenvalue weighted by molar-refractivity contribution is 6.31. The van der Waals surface area contributed by atoms with Crippen molar-refractivity contribution in [3.8, 4) is 0 Å². The first-order valence-electron chi connectivity index (χ1n) is 9.15. The van der Waals surface area contributed by atoms with Gasteiger partial charge < -0.3 is 0 Å². The van der Waals surface area contributed by atoms with Crippen LogP contribution in [0.4, 0.5) is 0 Å². The highest BCUT2D eigenvalue weighted by Gasteiger charge is 2.16. The van der Waals surface area contributed by atoms with Gasteiger partial charge in [-0.05, 0) is 30.2 Å². The minimum absolute atomic E-state index is 0.0711. The molecule has 0 aromatic heterocycles. The molecule has 1 fully saturated rings. The Morgan fingerprint density at radius 1 is 1.07 bits per heavy atom. The quantitative estimate of drug-likeness (QED) is 0.551. The molecule has 4 nitrogen and oxygen atoms in total. The molecule has 1 aliphatic rings. The van der Waals surface area contributed by atoms with Crippen molar-refractivity contribution in [1.82, 2.24) is 9.91 Å². The number of nitrogens with zero attached hydrogens (tertiary/aromatic N) is 3. The molecule has 2 aromatic carbocycles. The zero-order valence-corrected chi connectivity index (χ0v) is 16.3. The van der Waals surface area contributed by atoms with Crippen molar-refractivity contribution in [1.29, 1.82) is 0 Å². The van der Waals surface area contributed by atoms with Gasteiger partial charge in [0.15, 0.2) is 5.78 Å². The number of piperazine rings is 1. The molecule has 0 amide bonds. The largest absolute Gasteiger partial charge is 0.295 e. The number of carbonyl (C=O) groups excluding carboxylic acids is 1. The summed E-state index contributed by atoms with van der Waals surface area (Å²) in [5.41, 5.74) is 2.82.